The number of hydrogen-bond donors (Lipinski definition) is 5. The smallest absolute Gasteiger partial charge is 0.262 e. The maximum Gasteiger partial charge on any atom is 0.262 e. The molecule has 0 aromatic heterocycles. The number of phenols is 1. The number of phenolic OH excluding ortho intramolecular Hbond substituents is 1. The van der Waals surface area contributed by atoms with Gasteiger partial charge in [-0.15, -0.1) is 0 Å². The number of rotatable bonds is 17. The third kappa shape index (κ3) is 8.58. The molecule has 0 unspecified atom stereocenters. The molecule has 1 saturated carbocycles. The fourth-order valence-corrected chi connectivity index (χ4v) is 9.09. The molecule has 3 saturated heterocycles. The van der Waals surface area contributed by atoms with E-state index in [1.807, 2.05) is 18.2 Å². The van der Waals surface area contributed by atoms with Gasteiger partial charge in [-0.25, -0.2) is 0 Å². The number of nitrogens with zero attached hydrogens (tertiary/aromatic N) is 1. The second-order valence-corrected chi connectivity index (χ2v) is 15.6. The van der Waals surface area contributed by atoms with Crippen molar-refractivity contribution < 1.29 is 38.8 Å². The van der Waals surface area contributed by atoms with Crippen molar-refractivity contribution >= 4 is 11.6 Å². The first-order chi connectivity index (χ1) is 25.3. The zero-order valence-electron chi connectivity index (χ0n) is 30.3. The van der Waals surface area contributed by atoms with E-state index in [0.29, 0.717) is 42.7 Å². The quantitative estimate of drug-likeness (QED) is 0.0923. The molecular formula is C42H56N3O7+. The standard InChI is InChI=1S/C42H55N3O7/c46-34-24-36(41-37(25-34)44-40(48)28-51-41)38(47)26-43-19-6-8-30-13-15-35(16-14-30)50-23-7-20-45-21-17-31(18-22-45)39(27-45)52-29-42(49,33-11-4-5-12-33)32-9-2-1-3-10-32/h1-3,9-10,13-16,24-25,31,33,38-39,43,47,49H,4-8,11-12,17-23,26-29H2,(H-,44,46,48)/p+1/t31?,38-,39-,42+,45?/m0/s1. The van der Waals surface area contributed by atoms with E-state index in [1.165, 1.54) is 56.5 Å². The minimum absolute atomic E-state index is 0.0378. The van der Waals surface area contributed by atoms with Crippen LogP contribution in [0.2, 0.25) is 0 Å². The van der Waals surface area contributed by atoms with Crippen LogP contribution >= 0.6 is 0 Å². The highest BCUT2D eigenvalue weighted by Gasteiger charge is 2.48. The van der Waals surface area contributed by atoms with Crippen molar-refractivity contribution in [3.8, 4) is 17.2 Å². The molecule has 3 aromatic carbocycles. The van der Waals surface area contributed by atoms with Crippen LogP contribution in [0.1, 0.15) is 74.2 Å². The van der Waals surface area contributed by atoms with E-state index in [9.17, 15) is 20.1 Å². The van der Waals surface area contributed by atoms with E-state index in [4.69, 9.17) is 14.2 Å². The van der Waals surface area contributed by atoms with Crippen molar-refractivity contribution in [2.24, 2.45) is 11.8 Å². The molecule has 1 aliphatic carbocycles. The number of amides is 1. The molecule has 4 fully saturated rings. The summed E-state index contributed by atoms with van der Waals surface area (Å²) in [5.41, 5.74) is 2.14. The Morgan fingerprint density at radius 1 is 1.00 bits per heavy atom. The molecule has 280 valence electrons. The SMILES string of the molecule is O=C1COc2c(cc(O)cc2[C@@H](O)CNCCCc2ccc(OCCC[N+]34CCC(CC3)[C@@H](OC[C@@](O)(c3ccccc3)C3CCCC3)C4)cc2)N1. The lowest BCUT2D eigenvalue weighted by Gasteiger charge is -2.53. The van der Waals surface area contributed by atoms with Gasteiger partial charge in [-0.2, -0.15) is 0 Å². The summed E-state index contributed by atoms with van der Waals surface area (Å²) >= 11 is 0. The second-order valence-electron chi connectivity index (χ2n) is 15.6. The first kappa shape index (κ1) is 36.7. The predicted molar refractivity (Wildman–Crippen MR) is 199 cm³/mol. The van der Waals surface area contributed by atoms with Crippen molar-refractivity contribution in [3.05, 3.63) is 83.4 Å². The summed E-state index contributed by atoms with van der Waals surface area (Å²) in [6.45, 7) is 6.53. The van der Waals surface area contributed by atoms with Crippen LogP contribution in [0.25, 0.3) is 0 Å². The zero-order valence-corrected chi connectivity index (χ0v) is 30.3. The first-order valence-corrected chi connectivity index (χ1v) is 19.4. The van der Waals surface area contributed by atoms with Crippen LogP contribution in [0.15, 0.2) is 66.7 Å². The Bertz CT molecular complexity index is 1620. The lowest BCUT2D eigenvalue weighted by atomic mass is 9.80. The van der Waals surface area contributed by atoms with E-state index in [0.717, 1.165) is 67.5 Å². The lowest BCUT2D eigenvalue weighted by molar-refractivity contribution is -0.946. The van der Waals surface area contributed by atoms with Crippen LogP contribution < -0.4 is 20.1 Å². The Morgan fingerprint density at radius 2 is 1.77 bits per heavy atom. The van der Waals surface area contributed by atoms with Gasteiger partial charge in [0.1, 0.15) is 35.5 Å². The summed E-state index contributed by atoms with van der Waals surface area (Å²) in [4.78, 5) is 11.6. The van der Waals surface area contributed by atoms with Crippen LogP contribution in [-0.4, -0.2) is 90.9 Å². The van der Waals surface area contributed by atoms with Gasteiger partial charge in [-0.05, 0) is 67.5 Å². The van der Waals surface area contributed by atoms with Crippen molar-refractivity contribution in [1.29, 1.82) is 0 Å². The molecule has 3 atom stereocenters. The highest BCUT2D eigenvalue weighted by Crippen LogP contribution is 2.43. The Morgan fingerprint density at radius 3 is 2.54 bits per heavy atom. The summed E-state index contributed by atoms with van der Waals surface area (Å²) < 4.78 is 19.5. The summed E-state index contributed by atoms with van der Waals surface area (Å²) in [5.74, 6) is 1.82. The topological polar surface area (TPSA) is 130 Å². The number of aryl methyl sites for hydroxylation is 1. The van der Waals surface area contributed by atoms with Crippen LogP contribution in [0, 0.1) is 11.8 Å². The molecule has 10 heteroatoms. The summed E-state index contributed by atoms with van der Waals surface area (Å²) in [7, 11) is 0. The maximum absolute atomic E-state index is 12.0. The first-order valence-electron chi connectivity index (χ1n) is 19.4. The number of aliphatic hydroxyl groups is 2. The van der Waals surface area contributed by atoms with Crippen molar-refractivity contribution in [2.45, 2.75) is 75.6 Å². The Labute approximate surface area is 307 Å². The molecule has 8 rings (SSSR count). The van der Waals surface area contributed by atoms with E-state index in [2.05, 4.69) is 47.0 Å². The normalized spacial score (nSPS) is 24.5. The fraction of sp³-hybridized carbons (Fsp3) is 0.548. The number of carbonyl (C=O) groups excluding carboxylic acids is 1. The average molecular weight is 715 g/mol. The Balaban J connectivity index is 0.813. The van der Waals surface area contributed by atoms with Gasteiger partial charge < -0.3 is 44.6 Å². The number of hydrogen-bond acceptors (Lipinski definition) is 8. The minimum atomic E-state index is -0.910. The molecule has 2 bridgehead atoms. The maximum atomic E-state index is 12.0. The van der Waals surface area contributed by atoms with Gasteiger partial charge in [-0.3, -0.25) is 4.79 Å². The number of anilines is 1. The predicted octanol–water partition coefficient (Wildman–Crippen LogP) is 5.45. The average Bonchev–Trinajstić information content (AvgIpc) is 3.72. The van der Waals surface area contributed by atoms with Gasteiger partial charge in [0.2, 0.25) is 0 Å². The number of quaternary nitrogens is 1. The molecule has 5 N–H and O–H groups in total. The molecule has 4 heterocycles. The van der Waals surface area contributed by atoms with Gasteiger partial charge in [0.25, 0.3) is 5.91 Å². The highest BCUT2D eigenvalue weighted by molar-refractivity contribution is 5.96. The molecule has 3 aromatic rings. The number of nitrogens with one attached hydrogen (secondary N) is 2. The third-order valence-electron chi connectivity index (χ3n) is 12.1. The number of aliphatic hydroxyl groups excluding tert-OH is 1. The Kier molecular flexibility index (Phi) is 11.7. The van der Waals surface area contributed by atoms with Crippen LogP contribution in [0.5, 0.6) is 17.2 Å². The number of piperidine rings is 3. The minimum Gasteiger partial charge on any atom is -0.508 e. The lowest BCUT2D eigenvalue weighted by Crippen LogP contribution is -2.65. The number of benzene rings is 3. The van der Waals surface area contributed by atoms with E-state index in [1.54, 1.807) is 0 Å². The van der Waals surface area contributed by atoms with Gasteiger partial charge >= 0.3 is 0 Å². The molecule has 0 radical (unpaired) electrons. The number of fused-ring (bicyclic) bond motifs is 4. The van der Waals surface area contributed by atoms with Gasteiger partial charge in [0, 0.05) is 43.4 Å². The molecule has 5 aliphatic rings. The fourth-order valence-electron chi connectivity index (χ4n) is 9.09. The summed E-state index contributed by atoms with van der Waals surface area (Å²) in [6, 6.07) is 21.5. The number of ether oxygens (including phenoxy) is 3. The number of aromatic hydroxyl groups is 1. The number of carbonyl (C=O) groups is 1. The summed E-state index contributed by atoms with van der Waals surface area (Å²) in [6.07, 6.45) is 9.03. The van der Waals surface area contributed by atoms with E-state index in [-0.39, 0.29) is 30.3 Å². The van der Waals surface area contributed by atoms with E-state index < -0.39 is 11.7 Å². The van der Waals surface area contributed by atoms with Crippen molar-refractivity contribution in [3.63, 3.8) is 0 Å². The van der Waals surface area contributed by atoms with Crippen LogP contribution in [0.3, 0.4) is 0 Å². The molecule has 4 aliphatic heterocycles. The molecule has 10 nitrogen and oxygen atoms in total. The van der Waals surface area contributed by atoms with Crippen LogP contribution in [-0.2, 0) is 21.6 Å². The van der Waals surface area contributed by atoms with Crippen molar-refractivity contribution in [2.75, 3.05) is 64.4 Å². The van der Waals surface area contributed by atoms with Crippen molar-refractivity contribution in [1.82, 2.24) is 5.32 Å². The largest absolute Gasteiger partial charge is 0.508 e. The molecular weight excluding hydrogens is 658 g/mol. The highest BCUT2D eigenvalue weighted by atomic mass is 16.5. The van der Waals surface area contributed by atoms with Gasteiger partial charge in [-0.1, -0.05) is 55.3 Å². The zero-order chi connectivity index (χ0) is 36.0. The Hall–Kier alpha value is -3.67. The molecule has 1 amide bonds. The van der Waals surface area contributed by atoms with Gasteiger partial charge in [0.05, 0.1) is 44.6 Å². The second kappa shape index (κ2) is 16.6. The summed E-state index contributed by atoms with van der Waals surface area (Å²) in [5, 5.41) is 38.8. The molecule has 0 spiro atoms. The third-order valence-corrected chi connectivity index (χ3v) is 12.1. The van der Waals surface area contributed by atoms with Crippen LogP contribution in [0.4, 0.5) is 5.69 Å². The molecule has 52 heavy (non-hydrogen) atoms. The monoisotopic (exact) mass is 714 g/mol. The van der Waals surface area contributed by atoms with E-state index >= 15 is 0 Å². The van der Waals surface area contributed by atoms with Gasteiger partial charge in [0.15, 0.2) is 6.61 Å².